The molecule has 2 aliphatic rings. The Bertz CT molecular complexity index is 562. The Morgan fingerprint density at radius 2 is 2.04 bits per heavy atom. The van der Waals surface area contributed by atoms with Crippen molar-refractivity contribution in [3.05, 3.63) is 24.3 Å². The van der Waals surface area contributed by atoms with Crippen molar-refractivity contribution in [1.29, 1.82) is 0 Å². The van der Waals surface area contributed by atoms with E-state index in [1.807, 2.05) is 29.2 Å². The highest BCUT2D eigenvalue weighted by Gasteiger charge is 2.33. The molecule has 0 bridgehead atoms. The number of nitrogens with zero attached hydrogens (tertiary/aromatic N) is 2. The van der Waals surface area contributed by atoms with Crippen LogP contribution in [-0.4, -0.2) is 65.5 Å². The zero-order chi connectivity index (χ0) is 17.6. The molecule has 1 aromatic carbocycles. The summed E-state index contributed by atoms with van der Waals surface area (Å²) in [6, 6.07) is 8.26. The third kappa shape index (κ3) is 5.36. The summed E-state index contributed by atoms with van der Waals surface area (Å²) < 4.78 is 0. The zero-order valence-corrected chi connectivity index (χ0v) is 15.8. The Morgan fingerprint density at radius 1 is 1.28 bits per heavy atom. The largest absolute Gasteiger partial charge is 0.396 e. The molecule has 6 heteroatoms. The van der Waals surface area contributed by atoms with Crippen LogP contribution in [-0.2, 0) is 0 Å². The first-order valence-corrected chi connectivity index (χ1v) is 10.3. The number of benzene rings is 1. The van der Waals surface area contributed by atoms with Gasteiger partial charge in [0.05, 0.1) is 0 Å². The summed E-state index contributed by atoms with van der Waals surface area (Å²) in [4.78, 5) is 18.2. The highest BCUT2D eigenvalue weighted by molar-refractivity contribution is 7.99. The number of aliphatic hydroxyl groups excluding tert-OH is 1. The van der Waals surface area contributed by atoms with Crippen molar-refractivity contribution >= 4 is 23.5 Å². The summed E-state index contributed by atoms with van der Waals surface area (Å²) in [5.41, 5.74) is 0.838. The van der Waals surface area contributed by atoms with Crippen LogP contribution in [0.15, 0.2) is 29.2 Å². The predicted octanol–water partition coefficient (Wildman–Crippen LogP) is 3.11. The van der Waals surface area contributed by atoms with E-state index in [0.29, 0.717) is 6.54 Å². The molecule has 1 aliphatic carbocycles. The van der Waals surface area contributed by atoms with E-state index in [2.05, 4.69) is 17.1 Å². The van der Waals surface area contributed by atoms with Crippen molar-refractivity contribution in [3.63, 3.8) is 0 Å². The molecular formula is C19H29N3O2S. The Morgan fingerprint density at radius 3 is 2.68 bits per heavy atom. The summed E-state index contributed by atoms with van der Waals surface area (Å²) in [5, 5.41) is 12.4. The van der Waals surface area contributed by atoms with E-state index in [9.17, 15) is 9.90 Å². The lowest BCUT2D eigenvalue weighted by atomic mass is 10.1. The molecule has 1 atom stereocenters. The molecule has 0 spiro atoms. The molecule has 1 heterocycles. The van der Waals surface area contributed by atoms with E-state index in [4.69, 9.17) is 0 Å². The van der Waals surface area contributed by atoms with Gasteiger partial charge in [0.2, 0.25) is 0 Å². The molecule has 2 fully saturated rings. The summed E-state index contributed by atoms with van der Waals surface area (Å²) in [5.74, 6) is 1.88. The van der Waals surface area contributed by atoms with Crippen molar-refractivity contribution in [3.8, 4) is 0 Å². The van der Waals surface area contributed by atoms with Crippen LogP contribution in [0.25, 0.3) is 0 Å². The lowest BCUT2D eigenvalue weighted by Gasteiger charge is -2.41. The highest BCUT2D eigenvalue weighted by atomic mass is 32.2. The fourth-order valence-electron chi connectivity index (χ4n) is 3.38. The first-order chi connectivity index (χ1) is 12.2. The maximum Gasteiger partial charge on any atom is 0.321 e. The molecule has 25 heavy (non-hydrogen) atoms. The van der Waals surface area contributed by atoms with Gasteiger partial charge in [0.25, 0.3) is 0 Å². The summed E-state index contributed by atoms with van der Waals surface area (Å²) >= 11 is 1.79. The van der Waals surface area contributed by atoms with Crippen molar-refractivity contribution in [2.45, 2.75) is 37.1 Å². The van der Waals surface area contributed by atoms with Gasteiger partial charge in [-0.1, -0.05) is 6.92 Å². The van der Waals surface area contributed by atoms with Gasteiger partial charge in [-0.15, -0.1) is 11.8 Å². The minimum absolute atomic E-state index is 0.0371. The van der Waals surface area contributed by atoms with Gasteiger partial charge in [0.1, 0.15) is 0 Å². The number of carbonyl (C=O) groups excluding carboxylic acids is 1. The van der Waals surface area contributed by atoms with Crippen LogP contribution >= 0.6 is 11.8 Å². The molecule has 2 amide bonds. The molecule has 5 nitrogen and oxygen atoms in total. The van der Waals surface area contributed by atoms with E-state index in [1.54, 1.807) is 11.8 Å². The average molecular weight is 364 g/mol. The van der Waals surface area contributed by atoms with E-state index in [0.717, 1.165) is 43.4 Å². The van der Waals surface area contributed by atoms with Crippen LogP contribution in [0.3, 0.4) is 0 Å². The zero-order valence-electron chi connectivity index (χ0n) is 15.0. The lowest BCUT2D eigenvalue weighted by Crippen LogP contribution is -2.56. The first kappa shape index (κ1) is 18.5. The van der Waals surface area contributed by atoms with Gasteiger partial charge in [0, 0.05) is 49.4 Å². The van der Waals surface area contributed by atoms with E-state index in [1.165, 1.54) is 17.7 Å². The number of hydrogen-bond acceptors (Lipinski definition) is 4. The van der Waals surface area contributed by atoms with E-state index in [-0.39, 0.29) is 18.7 Å². The van der Waals surface area contributed by atoms with Gasteiger partial charge >= 0.3 is 6.03 Å². The second-order valence-electron chi connectivity index (χ2n) is 6.94. The molecular weight excluding hydrogens is 334 g/mol. The number of rotatable bonds is 7. The highest BCUT2D eigenvalue weighted by Crippen LogP contribution is 2.31. The Labute approximate surface area is 154 Å². The van der Waals surface area contributed by atoms with E-state index < -0.39 is 0 Å². The number of urea groups is 1. The molecule has 2 N–H and O–H groups in total. The number of piperazine rings is 1. The maximum absolute atomic E-state index is 12.6. The van der Waals surface area contributed by atoms with E-state index >= 15 is 0 Å². The number of thioether (sulfide) groups is 1. The number of nitrogens with one attached hydrogen (secondary N) is 1. The minimum Gasteiger partial charge on any atom is -0.396 e. The first-order valence-electron chi connectivity index (χ1n) is 9.33. The number of carbonyl (C=O) groups is 1. The standard InChI is InChI=1S/C19H29N3O2S/c1-2-25-18-7-5-16(6-8-18)20-19(24)22-11-10-21(13-15-3-4-15)17(14-22)9-12-23/h5-8,15,17,23H,2-4,9-14H2,1H3,(H,20,24)/t17-/m1/s1. The fraction of sp³-hybridized carbons (Fsp3) is 0.632. The summed E-state index contributed by atoms with van der Waals surface area (Å²) in [6.45, 7) is 5.79. The Hall–Kier alpha value is -1.24. The molecule has 1 aliphatic heterocycles. The molecule has 3 rings (SSSR count). The quantitative estimate of drug-likeness (QED) is 0.731. The fourth-order valence-corrected chi connectivity index (χ4v) is 4.04. The van der Waals surface area contributed by atoms with Gasteiger partial charge in [-0.25, -0.2) is 4.79 Å². The normalized spacial score (nSPS) is 21.4. The molecule has 0 aromatic heterocycles. The van der Waals surface area contributed by atoms with Crippen molar-refractivity contribution in [1.82, 2.24) is 9.80 Å². The number of hydrogen-bond donors (Lipinski definition) is 2. The third-order valence-corrected chi connectivity index (χ3v) is 5.85. The van der Waals surface area contributed by atoms with Crippen molar-refractivity contribution < 1.29 is 9.90 Å². The number of anilines is 1. The van der Waals surface area contributed by atoms with Crippen LogP contribution < -0.4 is 5.32 Å². The van der Waals surface area contributed by atoms with Crippen LogP contribution in [0.1, 0.15) is 26.2 Å². The van der Waals surface area contributed by atoms with Gasteiger partial charge in [0.15, 0.2) is 0 Å². The number of amides is 2. The monoisotopic (exact) mass is 363 g/mol. The van der Waals surface area contributed by atoms with Crippen LogP contribution in [0, 0.1) is 5.92 Å². The molecule has 1 saturated carbocycles. The SMILES string of the molecule is CCSc1ccc(NC(=O)N2CCN(CC3CC3)[C@H](CCO)C2)cc1. The second kappa shape index (κ2) is 8.92. The molecule has 0 unspecified atom stereocenters. The molecule has 138 valence electrons. The van der Waals surface area contributed by atoms with Gasteiger partial charge < -0.3 is 15.3 Å². The predicted molar refractivity (Wildman–Crippen MR) is 103 cm³/mol. The topological polar surface area (TPSA) is 55.8 Å². The third-order valence-electron chi connectivity index (χ3n) is 4.96. The Kier molecular flexibility index (Phi) is 6.62. The van der Waals surface area contributed by atoms with Crippen molar-refractivity contribution in [2.24, 2.45) is 5.92 Å². The smallest absolute Gasteiger partial charge is 0.321 e. The number of aliphatic hydroxyl groups is 1. The maximum atomic E-state index is 12.6. The van der Waals surface area contributed by atoms with Crippen molar-refractivity contribution in [2.75, 3.05) is 43.9 Å². The molecule has 1 aromatic rings. The van der Waals surface area contributed by atoms with Crippen LogP contribution in [0.2, 0.25) is 0 Å². The summed E-state index contributed by atoms with van der Waals surface area (Å²) in [6.07, 6.45) is 3.40. The van der Waals surface area contributed by atoms with Crippen LogP contribution in [0.5, 0.6) is 0 Å². The lowest BCUT2D eigenvalue weighted by molar-refractivity contribution is 0.0739. The van der Waals surface area contributed by atoms with Gasteiger partial charge in [-0.05, 0) is 55.2 Å². The van der Waals surface area contributed by atoms with Gasteiger partial charge in [-0.3, -0.25) is 4.90 Å². The Balaban J connectivity index is 1.54. The molecule has 0 radical (unpaired) electrons. The average Bonchev–Trinajstić information content (AvgIpc) is 3.43. The minimum atomic E-state index is -0.0371. The van der Waals surface area contributed by atoms with Gasteiger partial charge in [-0.2, -0.15) is 0 Å². The summed E-state index contributed by atoms with van der Waals surface area (Å²) in [7, 11) is 0. The van der Waals surface area contributed by atoms with Crippen LogP contribution in [0.4, 0.5) is 10.5 Å². The second-order valence-corrected chi connectivity index (χ2v) is 8.28. The molecule has 1 saturated heterocycles.